The maximum atomic E-state index is 13.6. The molecule has 0 unspecified atom stereocenters. The van der Waals surface area contributed by atoms with Crippen LogP contribution in [0.25, 0.3) is 16.2 Å². The van der Waals surface area contributed by atoms with Crippen LogP contribution >= 0.6 is 34.5 Å². The molecule has 0 radical (unpaired) electrons. The Bertz CT molecular complexity index is 779. The Morgan fingerprint density at radius 2 is 2.05 bits per heavy atom. The Morgan fingerprint density at radius 1 is 1.29 bits per heavy atom. The summed E-state index contributed by atoms with van der Waals surface area (Å²) < 4.78 is 15.3. The third kappa shape index (κ3) is 2.91. The van der Waals surface area contributed by atoms with Crippen molar-refractivity contribution in [1.82, 2.24) is 14.6 Å². The zero-order valence-corrected chi connectivity index (χ0v) is 13.7. The van der Waals surface area contributed by atoms with E-state index in [0.717, 1.165) is 16.4 Å². The Kier molecular flexibility index (Phi) is 3.90. The first kappa shape index (κ1) is 14.8. The van der Waals surface area contributed by atoms with Crippen molar-refractivity contribution in [3.8, 4) is 11.3 Å². The third-order valence-corrected chi connectivity index (χ3v) is 4.50. The van der Waals surface area contributed by atoms with Crippen molar-refractivity contribution in [3.05, 3.63) is 39.2 Å². The molecule has 0 saturated heterocycles. The van der Waals surface area contributed by atoms with Crippen LogP contribution in [0, 0.1) is 11.7 Å². The van der Waals surface area contributed by atoms with Crippen LogP contribution in [0.15, 0.2) is 18.3 Å². The average Bonchev–Trinajstić information content (AvgIpc) is 2.90. The highest BCUT2D eigenvalue weighted by Crippen LogP contribution is 2.32. The van der Waals surface area contributed by atoms with E-state index < -0.39 is 5.82 Å². The third-order valence-electron chi connectivity index (χ3n) is 2.95. The van der Waals surface area contributed by atoms with Crippen molar-refractivity contribution in [1.29, 1.82) is 0 Å². The molecule has 0 aliphatic heterocycles. The lowest BCUT2D eigenvalue weighted by Gasteiger charge is -2.02. The number of halogens is 3. The molecule has 3 aromatic rings. The van der Waals surface area contributed by atoms with Crippen molar-refractivity contribution in [2.75, 3.05) is 0 Å². The quantitative estimate of drug-likeness (QED) is 0.619. The van der Waals surface area contributed by atoms with Gasteiger partial charge in [0, 0.05) is 12.0 Å². The van der Waals surface area contributed by atoms with E-state index in [9.17, 15) is 4.39 Å². The lowest BCUT2D eigenvalue weighted by Crippen LogP contribution is -1.94. The lowest BCUT2D eigenvalue weighted by atomic mass is 10.1. The van der Waals surface area contributed by atoms with Crippen molar-refractivity contribution in [3.63, 3.8) is 0 Å². The summed E-state index contributed by atoms with van der Waals surface area (Å²) in [6.07, 6.45) is 2.67. The molecule has 3 rings (SSSR count). The standard InChI is InChI=1S/C14H12Cl2FN3S/c1-7(2)3-13-19-20-6-12(18-14(20)21-13)8-4-11(17)10(16)5-9(8)15/h4-7H,3H2,1-2H3. The summed E-state index contributed by atoms with van der Waals surface area (Å²) in [6.45, 7) is 4.29. The van der Waals surface area contributed by atoms with Crippen molar-refractivity contribution in [2.24, 2.45) is 5.92 Å². The SMILES string of the molecule is CC(C)Cc1nn2cc(-c3cc(F)c(Cl)cc3Cl)nc2s1. The molecule has 21 heavy (non-hydrogen) atoms. The highest BCUT2D eigenvalue weighted by Gasteiger charge is 2.15. The maximum absolute atomic E-state index is 13.6. The second-order valence-corrected chi connectivity index (χ2v) is 7.05. The molecule has 0 bridgehead atoms. The van der Waals surface area contributed by atoms with Crippen LogP contribution in [-0.4, -0.2) is 14.6 Å². The predicted octanol–water partition coefficient (Wildman–Crippen LogP) is 5.10. The van der Waals surface area contributed by atoms with E-state index >= 15 is 0 Å². The first-order chi connectivity index (χ1) is 9.94. The summed E-state index contributed by atoms with van der Waals surface area (Å²) in [6, 6.07) is 2.69. The summed E-state index contributed by atoms with van der Waals surface area (Å²) in [5, 5.41) is 5.89. The van der Waals surface area contributed by atoms with Crippen LogP contribution in [0.2, 0.25) is 10.0 Å². The van der Waals surface area contributed by atoms with E-state index in [2.05, 4.69) is 23.9 Å². The lowest BCUT2D eigenvalue weighted by molar-refractivity contribution is 0.628. The normalized spacial score (nSPS) is 11.7. The number of hydrogen-bond donors (Lipinski definition) is 0. The van der Waals surface area contributed by atoms with Crippen LogP contribution in [-0.2, 0) is 6.42 Å². The number of fused-ring (bicyclic) bond motifs is 1. The molecule has 0 aliphatic rings. The fourth-order valence-electron chi connectivity index (χ4n) is 2.02. The van der Waals surface area contributed by atoms with E-state index in [1.807, 2.05) is 0 Å². The van der Waals surface area contributed by atoms with Gasteiger partial charge in [-0.1, -0.05) is 48.4 Å². The Balaban J connectivity index is 2.02. The number of nitrogens with zero attached hydrogens (tertiary/aromatic N) is 3. The van der Waals surface area contributed by atoms with Gasteiger partial charge in [0.1, 0.15) is 10.8 Å². The Morgan fingerprint density at radius 3 is 2.71 bits per heavy atom. The predicted molar refractivity (Wildman–Crippen MR) is 84.8 cm³/mol. The largest absolute Gasteiger partial charge is 0.217 e. The molecule has 0 N–H and O–H groups in total. The second kappa shape index (κ2) is 5.55. The number of imidazole rings is 1. The van der Waals surface area contributed by atoms with Crippen molar-refractivity contribution >= 4 is 39.5 Å². The van der Waals surface area contributed by atoms with Gasteiger partial charge in [0.05, 0.1) is 21.9 Å². The molecule has 0 spiro atoms. The minimum Gasteiger partial charge on any atom is -0.217 e. The molecule has 0 saturated carbocycles. The van der Waals surface area contributed by atoms with E-state index in [1.54, 1.807) is 10.7 Å². The fraction of sp³-hybridized carbons (Fsp3) is 0.286. The Labute approximate surface area is 135 Å². The van der Waals surface area contributed by atoms with Gasteiger partial charge in [-0.15, -0.1) is 0 Å². The van der Waals surface area contributed by atoms with E-state index in [-0.39, 0.29) is 5.02 Å². The van der Waals surface area contributed by atoms with E-state index in [4.69, 9.17) is 23.2 Å². The highest BCUT2D eigenvalue weighted by molar-refractivity contribution is 7.16. The van der Waals surface area contributed by atoms with Crippen molar-refractivity contribution in [2.45, 2.75) is 20.3 Å². The highest BCUT2D eigenvalue weighted by atomic mass is 35.5. The van der Waals surface area contributed by atoms with Crippen LogP contribution in [0.4, 0.5) is 4.39 Å². The molecule has 3 nitrogen and oxygen atoms in total. The molecular formula is C14H12Cl2FN3S. The summed E-state index contributed by atoms with van der Waals surface area (Å²) in [7, 11) is 0. The van der Waals surface area contributed by atoms with Gasteiger partial charge in [-0.05, 0) is 18.1 Å². The molecular weight excluding hydrogens is 332 g/mol. The smallest absolute Gasteiger partial charge is 0.212 e. The average molecular weight is 344 g/mol. The number of rotatable bonds is 3. The van der Waals surface area contributed by atoms with Gasteiger partial charge in [0.2, 0.25) is 4.96 Å². The first-order valence-corrected chi connectivity index (χ1v) is 8.01. The van der Waals surface area contributed by atoms with Gasteiger partial charge in [-0.25, -0.2) is 13.9 Å². The minimum absolute atomic E-state index is 0.00196. The number of benzene rings is 1. The maximum Gasteiger partial charge on any atom is 0.212 e. The van der Waals surface area contributed by atoms with Crippen molar-refractivity contribution < 1.29 is 4.39 Å². The number of hydrogen-bond acceptors (Lipinski definition) is 3. The monoisotopic (exact) mass is 343 g/mol. The van der Waals surface area contributed by atoms with Gasteiger partial charge in [-0.3, -0.25) is 0 Å². The molecule has 110 valence electrons. The van der Waals surface area contributed by atoms with Crippen LogP contribution in [0.5, 0.6) is 0 Å². The number of aromatic nitrogens is 3. The topological polar surface area (TPSA) is 30.2 Å². The minimum atomic E-state index is -0.513. The molecule has 0 amide bonds. The van der Waals surface area contributed by atoms with Crippen LogP contribution < -0.4 is 0 Å². The summed E-state index contributed by atoms with van der Waals surface area (Å²) in [4.78, 5) is 5.24. The molecule has 2 heterocycles. The summed E-state index contributed by atoms with van der Waals surface area (Å²) in [5.74, 6) is 0.0287. The van der Waals surface area contributed by atoms with Gasteiger partial charge >= 0.3 is 0 Å². The van der Waals surface area contributed by atoms with Gasteiger partial charge < -0.3 is 0 Å². The van der Waals surface area contributed by atoms with E-state index in [1.165, 1.54) is 23.5 Å². The molecule has 1 aromatic carbocycles. The first-order valence-electron chi connectivity index (χ1n) is 6.44. The molecule has 7 heteroatoms. The Hall–Kier alpha value is -1.17. The molecule has 0 fully saturated rings. The van der Waals surface area contributed by atoms with Crippen LogP contribution in [0.1, 0.15) is 18.9 Å². The summed E-state index contributed by atoms with van der Waals surface area (Å²) in [5.41, 5.74) is 1.10. The second-order valence-electron chi connectivity index (χ2n) is 5.19. The van der Waals surface area contributed by atoms with Crippen LogP contribution in [0.3, 0.4) is 0 Å². The molecule has 2 aromatic heterocycles. The summed E-state index contributed by atoms with van der Waals surface area (Å²) >= 11 is 13.4. The molecule has 0 atom stereocenters. The van der Waals surface area contributed by atoms with Gasteiger partial charge in [0.15, 0.2) is 0 Å². The fourth-order valence-corrected chi connectivity index (χ4v) is 3.59. The zero-order valence-electron chi connectivity index (χ0n) is 11.4. The van der Waals surface area contributed by atoms with Gasteiger partial charge in [0.25, 0.3) is 0 Å². The zero-order chi connectivity index (χ0) is 15.1. The molecule has 0 aliphatic carbocycles. The van der Waals surface area contributed by atoms with E-state index in [0.29, 0.717) is 22.2 Å². The van der Waals surface area contributed by atoms with Gasteiger partial charge in [-0.2, -0.15) is 5.10 Å².